The van der Waals surface area contributed by atoms with Gasteiger partial charge in [-0.25, -0.2) is 9.97 Å². The van der Waals surface area contributed by atoms with E-state index in [-0.39, 0.29) is 0 Å². The molecule has 0 saturated carbocycles. The summed E-state index contributed by atoms with van der Waals surface area (Å²) in [7, 11) is 0. The molecule has 18 heavy (non-hydrogen) atoms. The van der Waals surface area contributed by atoms with Crippen LogP contribution < -0.4 is 0 Å². The van der Waals surface area contributed by atoms with Gasteiger partial charge in [-0.1, -0.05) is 6.07 Å². The van der Waals surface area contributed by atoms with Crippen LogP contribution in [0.15, 0.2) is 18.2 Å². The molecule has 2 aromatic rings. The van der Waals surface area contributed by atoms with Gasteiger partial charge in [0.15, 0.2) is 0 Å². The van der Waals surface area contributed by atoms with Crippen LogP contribution in [0.2, 0.25) is 0 Å². The predicted molar refractivity (Wildman–Crippen MR) is 71.1 cm³/mol. The summed E-state index contributed by atoms with van der Waals surface area (Å²) >= 11 is 0. The van der Waals surface area contributed by atoms with E-state index in [9.17, 15) is 0 Å². The Morgan fingerprint density at radius 1 is 0.889 bits per heavy atom. The van der Waals surface area contributed by atoms with Crippen molar-refractivity contribution in [1.29, 1.82) is 5.26 Å². The first kappa shape index (κ1) is 12.3. The first-order chi connectivity index (χ1) is 8.51. The van der Waals surface area contributed by atoms with Crippen LogP contribution >= 0.6 is 0 Å². The fraction of sp³-hybridized carbons (Fsp3) is 0.267. The van der Waals surface area contributed by atoms with Gasteiger partial charge in [0.05, 0.1) is 5.69 Å². The zero-order valence-corrected chi connectivity index (χ0v) is 11.1. The molecule has 3 heteroatoms. The quantitative estimate of drug-likeness (QED) is 0.765. The van der Waals surface area contributed by atoms with Crippen molar-refractivity contribution in [2.24, 2.45) is 0 Å². The van der Waals surface area contributed by atoms with Gasteiger partial charge < -0.3 is 0 Å². The fourth-order valence-corrected chi connectivity index (χ4v) is 2.00. The molecule has 0 saturated heterocycles. The molecule has 0 spiro atoms. The number of nitriles is 1. The number of rotatable bonds is 1. The van der Waals surface area contributed by atoms with Crippen LogP contribution in [0.3, 0.4) is 0 Å². The average molecular weight is 237 g/mol. The Morgan fingerprint density at radius 2 is 1.56 bits per heavy atom. The van der Waals surface area contributed by atoms with Crippen LogP contribution in [0, 0.1) is 39.0 Å². The normalized spacial score (nSPS) is 10.2. The lowest BCUT2D eigenvalue weighted by atomic mass is 9.98. The first-order valence-corrected chi connectivity index (χ1v) is 5.85. The molecule has 0 bridgehead atoms. The lowest BCUT2D eigenvalue weighted by Crippen LogP contribution is -1.97. The highest BCUT2D eigenvalue weighted by molar-refractivity contribution is 5.66. The second-order valence-corrected chi connectivity index (χ2v) is 4.55. The van der Waals surface area contributed by atoms with Gasteiger partial charge in [0.1, 0.15) is 17.6 Å². The van der Waals surface area contributed by atoms with Crippen molar-refractivity contribution < 1.29 is 0 Å². The molecule has 0 aliphatic rings. The topological polar surface area (TPSA) is 49.6 Å². The zero-order valence-electron chi connectivity index (χ0n) is 11.1. The van der Waals surface area contributed by atoms with Gasteiger partial charge in [-0.05, 0) is 50.5 Å². The maximum absolute atomic E-state index is 8.96. The number of aromatic nitrogens is 2. The van der Waals surface area contributed by atoms with E-state index < -0.39 is 0 Å². The standard InChI is InChI=1S/C15H15N3/c1-9-5-11(3)14(6-10(9)2)15-7-13(8-16)17-12(4)18-15/h5-7H,1-4H3. The molecule has 3 nitrogen and oxygen atoms in total. The zero-order chi connectivity index (χ0) is 13.3. The van der Waals surface area contributed by atoms with Crippen molar-refractivity contribution >= 4 is 0 Å². The van der Waals surface area contributed by atoms with Gasteiger partial charge in [0.25, 0.3) is 0 Å². The number of benzene rings is 1. The van der Waals surface area contributed by atoms with Crippen molar-refractivity contribution in [1.82, 2.24) is 9.97 Å². The summed E-state index contributed by atoms with van der Waals surface area (Å²) in [6.45, 7) is 8.04. The van der Waals surface area contributed by atoms with Crippen LogP contribution in [0.1, 0.15) is 28.2 Å². The highest BCUT2D eigenvalue weighted by atomic mass is 14.9. The molecule has 0 amide bonds. The van der Waals surface area contributed by atoms with E-state index in [1.807, 2.05) is 0 Å². The average Bonchev–Trinajstić information content (AvgIpc) is 2.33. The van der Waals surface area contributed by atoms with E-state index >= 15 is 0 Å². The summed E-state index contributed by atoms with van der Waals surface area (Å²) < 4.78 is 0. The van der Waals surface area contributed by atoms with E-state index in [4.69, 9.17) is 5.26 Å². The molecule has 1 heterocycles. The number of aryl methyl sites for hydroxylation is 4. The van der Waals surface area contributed by atoms with Crippen LogP contribution in [-0.4, -0.2) is 9.97 Å². The van der Waals surface area contributed by atoms with E-state index in [1.54, 1.807) is 13.0 Å². The van der Waals surface area contributed by atoms with Gasteiger partial charge >= 0.3 is 0 Å². The minimum Gasteiger partial charge on any atom is -0.233 e. The summed E-state index contributed by atoms with van der Waals surface area (Å²) in [6, 6.07) is 8.08. The third kappa shape index (κ3) is 2.23. The molecule has 0 N–H and O–H groups in total. The molecule has 0 radical (unpaired) electrons. The molecule has 0 aliphatic carbocycles. The number of nitrogens with zero attached hydrogens (tertiary/aromatic N) is 3. The molecule has 1 aromatic heterocycles. The molecular formula is C15H15N3. The molecule has 90 valence electrons. The SMILES string of the molecule is Cc1nc(C#N)cc(-c2cc(C)c(C)cc2C)n1. The van der Waals surface area contributed by atoms with E-state index in [2.05, 4.69) is 48.9 Å². The molecular weight excluding hydrogens is 222 g/mol. The molecule has 0 fully saturated rings. The molecule has 0 aliphatic heterocycles. The Bertz CT molecular complexity index is 652. The van der Waals surface area contributed by atoms with Gasteiger partial charge in [-0.2, -0.15) is 5.26 Å². The van der Waals surface area contributed by atoms with Crippen molar-refractivity contribution in [3.8, 4) is 17.3 Å². The first-order valence-electron chi connectivity index (χ1n) is 5.85. The third-order valence-corrected chi connectivity index (χ3v) is 3.07. The molecule has 0 atom stereocenters. The molecule has 2 rings (SSSR count). The maximum atomic E-state index is 8.96. The predicted octanol–water partition coefficient (Wildman–Crippen LogP) is 3.25. The maximum Gasteiger partial charge on any atom is 0.144 e. The largest absolute Gasteiger partial charge is 0.233 e. The van der Waals surface area contributed by atoms with E-state index in [0.29, 0.717) is 11.5 Å². The van der Waals surface area contributed by atoms with Gasteiger partial charge in [-0.15, -0.1) is 0 Å². The Labute approximate surface area is 107 Å². The Hall–Kier alpha value is -2.21. The summed E-state index contributed by atoms with van der Waals surface area (Å²) in [5, 5.41) is 8.96. The second kappa shape index (κ2) is 4.58. The highest BCUT2D eigenvalue weighted by Crippen LogP contribution is 2.25. The Morgan fingerprint density at radius 3 is 2.22 bits per heavy atom. The van der Waals surface area contributed by atoms with Crippen molar-refractivity contribution in [2.45, 2.75) is 27.7 Å². The number of hydrogen-bond acceptors (Lipinski definition) is 3. The van der Waals surface area contributed by atoms with E-state index in [0.717, 1.165) is 11.3 Å². The second-order valence-electron chi connectivity index (χ2n) is 4.55. The van der Waals surface area contributed by atoms with Crippen LogP contribution in [0.5, 0.6) is 0 Å². The van der Waals surface area contributed by atoms with Crippen molar-refractivity contribution in [3.05, 3.63) is 46.4 Å². The minimum atomic E-state index is 0.412. The van der Waals surface area contributed by atoms with E-state index in [1.165, 1.54) is 16.7 Å². The van der Waals surface area contributed by atoms with Gasteiger partial charge in [0.2, 0.25) is 0 Å². The van der Waals surface area contributed by atoms with Crippen molar-refractivity contribution in [2.75, 3.05) is 0 Å². The monoisotopic (exact) mass is 237 g/mol. The Kier molecular flexibility index (Phi) is 3.12. The summed E-state index contributed by atoms with van der Waals surface area (Å²) in [4.78, 5) is 8.50. The third-order valence-electron chi connectivity index (χ3n) is 3.07. The summed E-state index contributed by atoms with van der Waals surface area (Å²) in [5.74, 6) is 0.627. The smallest absolute Gasteiger partial charge is 0.144 e. The van der Waals surface area contributed by atoms with Crippen LogP contribution in [0.4, 0.5) is 0 Å². The summed E-state index contributed by atoms with van der Waals surface area (Å²) in [6.07, 6.45) is 0. The molecule has 0 unspecified atom stereocenters. The van der Waals surface area contributed by atoms with Gasteiger partial charge in [0, 0.05) is 11.6 Å². The van der Waals surface area contributed by atoms with Crippen LogP contribution in [-0.2, 0) is 0 Å². The lowest BCUT2D eigenvalue weighted by Gasteiger charge is -2.10. The van der Waals surface area contributed by atoms with Crippen LogP contribution in [0.25, 0.3) is 11.3 Å². The Balaban J connectivity index is 2.66. The fourth-order valence-electron chi connectivity index (χ4n) is 2.00. The summed E-state index contributed by atoms with van der Waals surface area (Å²) in [5.41, 5.74) is 5.96. The van der Waals surface area contributed by atoms with Crippen molar-refractivity contribution in [3.63, 3.8) is 0 Å². The lowest BCUT2D eigenvalue weighted by molar-refractivity contribution is 1.04. The highest BCUT2D eigenvalue weighted by Gasteiger charge is 2.08. The number of hydrogen-bond donors (Lipinski definition) is 0. The molecule has 1 aromatic carbocycles. The minimum absolute atomic E-state index is 0.412. The van der Waals surface area contributed by atoms with Gasteiger partial charge in [-0.3, -0.25) is 0 Å².